The van der Waals surface area contributed by atoms with Gasteiger partial charge in [-0.15, -0.1) is 0 Å². The molecule has 1 aromatic rings. The van der Waals surface area contributed by atoms with Gasteiger partial charge < -0.3 is 10.8 Å². The van der Waals surface area contributed by atoms with Crippen LogP contribution < -0.4 is 5.73 Å². The first-order valence-corrected chi connectivity index (χ1v) is 8.15. The first kappa shape index (κ1) is 12.7. The van der Waals surface area contributed by atoms with Gasteiger partial charge in [0, 0.05) is 5.69 Å². The lowest BCUT2D eigenvalue weighted by molar-refractivity contribution is -0.0764. The number of rotatable bonds is 3. The Kier molecular flexibility index (Phi) is 2.85. The van der Waals surface area contributed by atoms with E-state index in [1.807, 2.05) is 24.3 Å². The van der Waals surface area contributed by atoms with E-state index < -0.39 is 0 Å². The van der Waals surface area contributed by atoms with Crippen LogP contribution >= 0.6 is 0 Å². The fourth-order valence-electron chi connectivity index (χ4n) is 5.83. The predicted molar refractivity (Wildman–Crippen MR) is 81.0 cm³/mol. The van der Waals surface area contributed by atoms with Gasteiger partial charge in [-0.1, -0.05) is 12.1 Å². The van der Waals surface area contributed by atoms with Gasteiger partial charge in [-0.2, -0.15) is 0 Å². The molecule has 0 saturated heterocycles. The molecule has 4 saturated carbocycles. The van der Waals surface area contributed by atoms with Crippen molar-refractivity contribution in [3.8, 4) is 0 Å². The molecule has 4 aliphatic rings. The van der Waals surface area contributed by atoms with Crippen LogP contribution in [0.1, 0.15) is 56.6 Å². The zero-order valence-electron chi connectivity index (χ0n) is 12.1. The van der Waals surface area contributed by atoms with E-state index in [0.717, 1.165) is 35.4 Å². The van der Waals surface area contributed by atoms with Crippen LogP contribution in [-0.4, -0.2) is 5.11 Å². The van der Waals surface area contributed by atoms with Crippen molar-refractivity contribution < 1.29 is 5.11 Å². The molecule has 5 rings (SSSR count). The van der Waals surface area contributed by atoms with Crippen LogP contribution in [0.25, 0.3) is 0 Å². The van der Waals surface area contributed by atoms with Crippen molar-refractivity contribution in [1.82, 2.24) is 0 Å². The highest BCUT2D eigenvalue weighted by Crippen LogP contribution is 2.62. The van der Waals surface area contributed by atoms with Crippen LogP contribution in [-0.2, 0) is 0 Å². The third kappa shape index (κ3) is 2.14. The highest BCUT2D eigenvalue weighted by atomic mass is 16.3. The van der Waals surface area contributed by atoms with Crippen molar-refractivity contribution in [3.63, 3.8) is 0 Å². The van der Waals surface area contributed by atoms with Crippen molar-refractivity contribution in [2.24, 2.45) is 23.2 Å². The molecule has 1 aromatic carbocycles. The van der Waals surface area contributed by atoms with Crippen LogP contribution in [0, 0.1) is 23.2 Å². The molecule has 4 fully saturated rings. The fourth-order valence-corrected chi connectivity index (χ4v) is 5.83. The third-order valence-corrected chi connectivity index (χ3v) is 6.09. The maximum Gasteiger partial charge on any atom is 0.0796 e. The van der Waals surface area contributed by atoms with Crippen LogP contribution in [0.4, 0.5) is 5.69 Å². The molecule has 1 atom stereocenters. The molecule has 1 unspecified atom stereocenters. The lowest BCUT2D eigenvalue weighted by Gasteiger charge is -2.57. The lowest BCUT2D eigenvalue weighted by atomic mass is 9.48. The summed E-state index contributed by atoms with van der Waals surface area (Å²) in [5.41, 5.74) is 8.03. The van der Waals surface area contributed by atoms with Gasteiger partial charge in [-0.25, -0.2) is 0 Å². The summed E-state index contributed by atoms with van der Waals surface area (Å²) in [7, 11) is 0. The predicted octanol–water partition coefficient (Wildman–Crippen LogP) is 3.91. The molecule has 0 heterocycles. The topological polar surface area (TPSA) is 46.2 Å². The third-order valence-electron chi connectivity index (χ3n) is 6.09. The molecule has 108 valence electrons. The Morgan fingerprint density at radius 1 is 1.10 bits per heavy atom. The summed E-state index contributed by atoms with van der Waals surface area (Å²) in [5.74, 6) is 2.86. The molecule has 4 bridgehead atoms. The van der Waals surface area contributed by atoms with Gasteiger partial charge in [0.05, 0.1) is 6.10 Å². The SMILES string of the molecule is Nc1cccc(C(O)CC23CC4CC(CC(C4)C2)C3)c1. The normalized spacial score (nSPS) is 40.0. The lowest BCUT2D eigenvalue weighted by Crippen LogP contribution is -2.46. The minimum atomic E-state index is -0.338. The first-order valence-electron chi connectivity index (χ1n) is 8.15. The Labute approximate surface area is 121 Å². The highest BCUT2D eigenvalue weighted by Gasteiger charge is 2.51. The summed E-state index contributed by atoms with van der Waals surface area (Å²) in [6, 6.07) is 7.79. The number of nitrogens with two attached hydrogens (primary N) is 1. The van der Waals surface area contributed by atoms with Gasteiger partial charge in [-0.3, -0.25) is 0 Å². The standard InChI is InChI=1S/C18H25NO/c19-16-3-1-2-15(7-16)17(20)11-18-8-12-4-13(9-18)6-14(5-12)10-18/h1-3,7,12-14,17,20H,4-6,8-11,19H2. The number of aliphatic hydroxyl groups excluding tert-OH is 1. The second kappa shape index (κ2) is 4.49. The Morgan fingerprint density at radius 3 is 2.25 bits per heavy atom. The van der Waals surface area contributed by atoms with Gasteiger partial charge in [0.2, 0.25) is 0 Å². The summed E-state index contributed by atoms with van der Waals surface area (Å²) in [5, 5.41) is 10.6. The van der Waals surface area contributed by atoms with Crippen LogP contribution in [0.3, 0.4) is 0 Å². The van der Waals surface area contributed by atoms with Crippen molar-refractivity contribution >= 4 is 5.69 Å². The number of benzene rings is 1. The molecule has 0 aliphatic heterocycles. The largest absolute Gasteiger partial charge is 0.399 e. The second-order valence-corrected chi connectivity index (χ2v) is 7.81. The van der Waals surface area contributed by atoms with Gasteiger partial charge in [-0.05, 0) is 85.8 Å². The summed E-state index contributed by atoms with van der Waals surface area (Å²) in [6.45, 7) is 0. The Morgan fingerprint density at radius 2 is 1.70 bits per heavy atom. The molecule has 2 nitrogen and oxygen atoms in total. The van der Waals surface area contributed by atoms with Crippen molar-refractivity contribution in [2.75, 3.05) is 5.73 Å². The van der Waals surface area contributed by atoms with Gasteiger partial charge in [0.15, 0.2) is 0 Å². The van der Waals surface area contributed by atoms with Crippen molar-refractivity contribution in [2.45, 2.75) is 51.0 Å². The van der Waals surface area contributed by atoms with Gasteiger partial charge >= 0.3 is 0 Å². The van der Waals surface area contributed by atoms with E-state index in [0.29, 0.717) is 5.41 Å². The molecular formula is C18H25NO. The summed E-state index contributed by atoms with van der Waals surface area (Å²) < 4.78 is 0. The Bertz CT molecular complexity index is 475. The van der Waals surface area contributed by atoms with Crippen LogP contribution in [0.15, 0.2) is 24.3 Å². The zero-order valence-corrected chi connectivity index (χ0v) is 12.1. The summed E-state index contributed by atoms with van der Waals surface area (Å²) >= 11 is 0. The monoisotopic (exact) mass is 271 g/mol. The van der Waals surface area contributed by atoms with E-state index in [-0.39, 0.29) is 6.10 Å². The smallest absolute Gasteiger partial charge is 0.0796 e. The van der Waals surface area contributed by atoms with E-state index in [9.17, 15) is 5.11 Å². The number of hydrogen-bond acceptors (Lipinski definition) is 2. The average molecular weight is 271 g/mol. The Balaban J connectivity index is 1.53. The maximum atomic E-state index is 10.6. The first-order chi connectivity index (χ1) is 9.62. The molecule has 4 aliphatic carbocycles. The number of aliphatic hydroxyl groups is 1. The molecule has 20 heavy (non-hydrogen) atoms. The molecule has 0 radical (unpaired) electrons. The number of anilines is 1. The van der Waals surface area contributed by atoms with E-state index in [4.69, 9.17) is 5.73 Å². The van der Waals surface area contributed by atoms with Crippen molar-refractivity contribution in [1.29, 1.82) is 0 Å². The van der Waals surface area contributed by atoms with Crippen LogP contribution in [0.2, 0.25) is 0 Å². The maximum absolute atomic E-state index is 10.6. The van der Waals surface area contributed by atoms with Crippen molar-refractivity contribution in [3.05, 3.63) is 29.8 Å². The minimum absolute atomic E-state index is 0.338. The molecule has 2 heteroatoms. The molecule has 0 spiro atoms. The molecule has 3 N–H and O–H groups in total. The van der Waals surface area contributed by atoms with E-state index in [2.05, 4.69) is 0 Å². The van der Waals surface area contributed by atoms with Gasteiger partial charge in [0.25, 0.3) is 0 Å². The van der Waals surface area contributed by atoms with Crippen LogP contribution in [0.5, 0.6) is 0 Å². The summed E-state index contributed by atoms with van der Waals surface area (Å²) in [6.07, 6.45) is 9.08. The van der Waals surface area contributed by atoms with E-state index >= 15 is 0 Å². The van der Waals surface area contributed by atoms with Gasteiger partial charge in [0.1, 0.15) is 0 Å². The molecule has 0 aromatic heterocycles. The zero-order chi connectivity index (χ0) is 13.7. The Hall–Kier alpha value is -1.02. The van der Waals surface area contributed by atoms with E-state index in [1.54, 1.807) is 0 Å². The highest BCUT2D eigenvalue weighted by molar-refractivity contribution is 5.41. The fraction of sp³-hybridized carbons (Fsp3) is 0.667. The summed E-state index contributed by atoms with van der Waals surface area (Å²) in [4.78, 5) is 0. The second-order valence-electron chi connectivity index (χ2n) is 7.81. The average Bonchev–Trinajstić information content (AvgIpc) is 2.36. The minimum Gasteiger partial charge on any atom is -0.399 e. The van der Waals surface area contributed by atoms with E-state index in [1.165, 1.54) is 38.5 Å². The molecule has 0 amide bonds. The number of nitrogen functional groups attached to an aromatic ring is 1. The number of hydrogen-bond donors (Lipinski definition) is 2. The quantitative estimate of drug-likeness (QED) is 0.819. The molecular weight excluding hydrogens is 246 g/mol.